The Labute approximate surface area is 107 Å². The zero-order chi connectivity index (χ0) is 13.2. The van der Waals surface area contributed by atoms with E-state index in [1.807, 2.05) is 0 Å². The van der Waals surface area contributed by atoms with E-state index in [0.717, 1.165) is 19.4 Å². The highest BCUT2D eigenvalue weighted by Gasteiger charge is 2.02. The van der Waals surface area contributed by atoms with Crippen LogP contribution in [0, 0.1) is 0 Å². The molecule has 1 aromatic rings. The number of benzene rings is 1. The van der Waals surface area contributed by atoms with Crippen LogP contribution < -0.4 is 16.0 Å². The number of hydrogen-bond acceptors (Lipinski definition) is 4. The summed E-state index contributed by atoms with van der Waals surface area (Å²) in [5.41, 5.74) is 2.58. The SMILES string of the molecule is CCCCOCCOc1ccc(C(=O)NN)cc1. The van der Waals surface area contributed by atoms with Gasteiger partial charge in [-0.2, -0.15) is 0 Å². The van der Waals surface area contributed by atoms with Gasteiger partial charge in [-0.3, -0.25) is 10.2 Å². The molecule has 0 aliphatic heterocycles. The van der Waals surface area contributed by atoms with Crippen molar-refractivity contribution in [3.8, 4) is 5.75 Å². The molecule has 0 radical (unpaired) electrons. The molecule has 3 N–H and O–H groups in total. The molecule has 0 saturated heterocycles. The summed E-state index contributed by atoms with van der Waals surface area (Å²) < 4.78 is 10.8. The van der Waals surface area contributed by atoms with Gasteiger partial charge in [0.25, 0.3) is 5.91 Å². The van der Waals surface area contributed by atoms with Gasteiger partial charge in [0.15, 0.2) is 0 Å². The number of nitrogen functional groups attached to an aromatic ring is 1. The third-order valence-corrected chi connectivity index (χ3v) is 2.39. The molecule has 0 saturated carbocycles. The lowest BCUT2D eigenvalue weighted by atomic mass is 10.2. The van der Waals surface area contributed by atoms with Crippen molar-refractivity contribution in [1.82, 2.24) is 5.43 Å². The molecular formula is C13H20N2O3. The number of hydrazine groups is 1. The minimum Gasteiger partial charge on any atom is -0.491 e. The van der Waals surface area contributed by atoms with Gasteiger partial charge in [-0.05, 0) is 30.7 Å². The van der Waals surface area contributed by atoms with Crippen LogP contribution in [0.2, 0.25) is 0 Å². The average molecular weight is 252 g/mol. The summed E-state index contributed by atoms with van der Waals surface area (Å²) in [4.78, 5) is 11.2. The molecule has 0 heterocycles. The highest BCUT2D eigenvalue weighted by molar-refractivity contribution is 5.93. The van der Waals surface area contributed by atoms with Crippen molar-refractivity contribution in [2.45, 2.75) is 19.8 Å². The summed E-state index contributed by atoms with van der Waals surface area (Å²) in [6.07, 6.45) is 2.20. The first-order valence-electron chi connectivity index (χ1n) is 6.09. The molecule has 1 rings (SSSR count). The second kappa shape index (κ2) is 8.49. The molecule has 5 heteroatoms. The van der Waals surface area contributed by atoms with Crippen LogP contribution in [-0.2, 0) is 4.74 Å². The van der Waals surface area contributed by atoms with Crippen molar-refractivity contribution in [2.75, 3.05) is 19.8 Å². The van der Waals surface area contributed by atoms with Crippen LogP contribution in [0.15, 0.2) is 24.3 Å². The Bertz CT molecular complexity index is 352. The van der Waals surface area contributed by atoms with E-state index < -0.39 is 0 Å². The lowest BCUT2D eigenvalue weighted by Gasteiger charge is -2.07. The minimum absolute atomic E-state index is 0.315. The van der Waals surface area contributed by atoms with Gasteiger partial charge in [-0.1, -0.05) is 13.3 Å². The van der Waals surface area contributed by atoms with E-state index >= 15 is 0 Å². The fourth-order valence-electron chi connectivity index (χ4n) is 1.35. The van der Waals surface area contributed by atoms with E-state index in [1.165, 1.54) is 0 Å². The first kappa shape index (κ1) is 14.5. The normalized spacial score (nSPS) is 10.1. The third kappa shape index (κ3) is 5.16. The van der Waals surface area contributed by atoms with Crippen molar-refractivity contribution < 1.29 is 14.3 Å². The topological polar surface area (TPSA) is 73.6 Å². The monoisotopic (exact) mass is 252 g/mol. The van der Waals surface area contributed by atoms with E-state index in [2.05, 4.69) is 12.3 Å². The summed E-state index contributed by atoms with van der Waals surface area (Å²) >= 11 is 0. The minimum atomic E-state index is -0.315. The number of ether oxygens (including phenoxy) is 2. The zero-order valence-electron chi connectivity index (χ0n) is 10.6. The number of nitrogens with two attached hydrogens (primary N) is 1. The first-order valence-corrected chi connectivity index (χ1v) is 6.09. The third-order valence-electron chi connectivity index (χ3n) is 2.39. The van der Waals surface area contributed by atoms with E-state index in [0.29, 0.717) is 24.5 Å². The predicted octanol–water partition coefficient (Wildman–Crippen LogP) is 1.49. The first-order chi connectivity index (χ1) is 8.77. The van der Waals surface area contributed by atoms with Crippen molar-refractivity contribution in [3.05, 3.63) is 29.8 Å². The summed E-state index contributed by atoms with van der Waals surface area (Å²) in [7, 11) is 0. The Morgan fingerprint density at radius 2 is 1.94 bits per heavy atom. The fourth-order valence-corrected chi connectivity index (χ4v) is 1.35. The Morgan fingerprint density at radius 3 is 2.56 bits per heavy atom. The standard InChI is InChI=1S/C13H20N2O3/c1-2-3-8-17-9-10-18-12-6-4-11(5-7-12)13(16)15-14/h4-7H,2-3,8-10,14H2,1H3,(H,15,16). The number of amides is 1. The van der Waals surface area contributed by atoms with E-state index in [9.17, 15) is 4.79 Å². The lowest BCUT2D eigenvalue weighted by Crippen LogP contribution is -2.29. The number of hydrogen-bond donors (Lipinski definition) is 2. The summed E-state index contributed by atoms with van der Waals surface area (Å²) in [6, 6.07) is 6.79. The summed E-state index contributed by atoms with van der Waals surface area (Å²) in [5, 5.41) is 0. The maximum absolute atomic E-state index is 11.2. The molecule has 0 aliphatic carbocycles. The van der Waals surface area contributed by atoms with Gasteiger partial charge in [0.05, 0.1) is 6.61 Å². The van der Waals surface area contributed by atoms with Gasteiger partial charge in [-0.25, -0.2) is 5.84 Å². The molecule has 0 aliphatic rings. The van der Waals surface area contributed by atoms with Gasteiger partial charge in [0.1, 0.15) is 12.4 Å². The molecule has 0 spiro atoms. The summed E-state index contributed by atoms with van der Waals surface area (Å²) in [6.45, 7) is 3.98. The van der Waals surface area contributed by atoms with Crippen LogP contribution in [0.4, 0.5) is 0 Å². The number of rotatable bonds is 8. The second-order valence-corrected chi connectivity index (χ2v) is 3.81. The molecule has 0 bridgehead atoms. The lowest BCUT2D eigenvalue weighted by molar-refractivity contribution is 0.0951. The van der Waals surface area contributed by atoms with Crippen LogP contribution in [-0.4, -0.2) is 25.7 Å². The number of carbonyl (C=O) groups excluding carboxylic acids is 1. The van der Waals surface area contributed by atoms with Gasteiger partial charge < -0.3 is 9.47 Å². The fraction of sp³-hybridized carbons (Fsp3) is 0.462. The molecule has 100 valence electrons. The predicted molar refractivity (Wildman–Crippen MR) is 69.3 cm³/mol. The molecule has 5 nitrogen and oxygen atoms in total. The van der Waals surface area contributed by atoms with Crippen LogP contribution in [0.5, 0.6) is 5.75 Å². The molecule has 0 unspecified atom stereocenters. The molecule has 0 aromatic heterocycles. The maximum atomic E-state index is 11.2. The summed E-state index contributed by atoms with van der Waals surface area (Å²) in [5.74, 6) is 5.43. The number of unbranched alkanes of at least 4 members (excludes halogenated alkanes) is 1. The Balaban J connectivity index is 2.25. The van der Waals surface area contributed by atoms with E-state index in [1.54, 1.807) is 24.3 Å². The quantitative estimate of drug-likeness (QED) is 0.318. The largest absolute Gasteiger partial charge is 0.491 e. The number of nitrogens with one attached hydrogen (secondary N) is 1. The number of carbonyl (C=O) groups is 1. The Kier molecular flexibility index (Phi) is 6.83. The van der Waals surface area contributed by atoms with Crippen molar-refractivity contribution in [1.29, 1.82) is 0 Å². The van der Waals surface area contributed by atoms with Crippen LogP contribution in [0.25, 0.3) is 0 Å². The molecule has 18 heavy (non-hydrogen) atoms. The smallest absolute Gasteiger partial charge is 0.265 e. The van der Waals surface area contributed by atoms with Crippen LogP contribution >= 0.6 is 0 Å². The van der Waals surface area contributed by atoms with Crippen LogP contribution in [0.1, 0.15) is 30.1 Å². The Hall–Kier alpha value is -1.59. The van der Waals surface area contributed by atoms with Gasteiger partial charge in [0, 0.05) is 12.2 Å². The molecule has 1 aromatic carbocycles. The molecule has 0 atom stereocenters. The molecular weight excluding hydrogens is 232 g/mol. The van der Waals surface area contributed by atoms with Gasteiger partial charge >= 0.3 is 0 Å². The molecule has 0 fully saturated rings. The zero-order valence-corrected chi connectivity index (χ0v) is 10.6. The van der Waals surface area contributed by atoms with Crippen molar-refractivity contribution in [2.24, 2.45) is 5.84 Å². The van der Waals surface area contributed by atoms with Crippen molar-refractivity contribution >= 4 is 5.91 Å². The van der Waals surface area contributed by atoms with Crippen LogP contribution in [0.3, 0.4) is 0 Å². The maximum Gasteiger partial charge on any atom is 0.265 e. The van der Waals surface area contributed by atoms with E-state index in [-0.39, 0.29) is 5.91 Å². The van der Waals surface area contributed by atoms with E-state index in [4.69, 9.17) is 15.3 Å². The average Bonchev–Trinajstić information content (AvgIpc) is 2.42. The van der Waals surface area contributed by atoms with Crippen molar-refractivity contribution in [3.63, 3.8) is 0 Å². The molecule has 1 amide bonds. The van der Waals surface area contributed by atoms with Gasteiger partial charge in [-0.15, -0.1) is 0 Å². The highest BCUT2D eigenvalue weighted by Crippen LogP contribution is 2.11. The highest BCUT2D eigenvalue weighted by atomic mass is 16.5. The van der Waals surface area contributed by atoms with Gasteiger partial charge in [0.2, 0.25) is 0 Å². The second-order valence-electron chi connectivity index (χ2n) is 3.81. The Morgan fingerprint density at radius 1 is 1.22 bits per heavy atom.